The second kappa shape index (κ2) is 4.12. The monoisotopic (exact) mass is 234 g/mol. The zero-order valence-corrected chi connectivity index (χ0v) is 9.01. The first kappa shape index (κ1) is 10.9. The van der Waals surface area contributed by atoms with Gasteiger partial charge in [0.25, 0.3) is 0 Å². The van der Waals surface area contributed by atoms with Crippen molar-refractivity contribution < 1.29 is 4.79 Å². The lowest BCUT2D eigenvalue weighted by atomic mass is 10.3. The molecule has 1 heterocycles. The molecule has 2 aromatic rings. The summed E-state index contributed by atoms with van der Waals surface area (Å²) in [5, 5.41) is 4.42. The fourth-order valence-corrected chi connectivity index (χ4v) is 1.43. The molecule has 0 saturated carbocycles. The van der Waals surface area contributed by atoms with E-state index in [0.717, 1.165) is 4.57 Å². The van der Waals surface area contributed by atoms with E-state index in [0.29, 0.717) is 10.4 Å². The van der Waals surface area contributed by atoms with Gasteiger partial charge in [-0.2, -0.15) is 0 Å². The second-order valence-electron chi connectivity index (χ2n) is 3.26. The first-order chi connectivity index (χ1) is 8.15. The van der Waals surface area contributed by atoms with Crippen molar-refractivity contribution in [3.63, 3.8) is 0 Å². The molecule has 1 aromatic carbocycles. The van der Waals surface area contributed by atoms with Gasteiger partial charge >= 0.3 is 17.4 Å². The Labute approximate surface area is 95.3 Å². The zero-order valence-electron chi connectivity index (χ0n) is 9.01. The summed E-state index contributed by atoms with van der Waals surface area (Å²) in [5.41, 5.74) is -0.994. The molecule has 88 valence electrons. The number of nitrogens with zero attached hydrogens (tertiary/aromatic N) is 2. The van der Waals surface area contributed by atoms with Crippen LogP contribution in [0.2, 0.25) is 0 Å². The van der Waals surface area contributed by atoms with Gasteiger partial charge in [-0.1, -0.05) is 18.2 Å². The average Bonchev–Trinajstić information content (AvgIpc) is 2.65. The molecule has 2 rings (SSSR count). The normalized spacial score (nSPS) is 10.2. The molecular formula is C10H10N4O3. The van der Waals surface area contributed by atoms with E-state index >= 15 is 0 Å². The average molecular weight is 234 g/mol. The number of H-pyrrole nitrogens is 1. The molecule has 7 heteroatoms. The largest absolute Gasteiger partial charge is 0.360 e. The van der Waals surface area contributed by atoms with Crippen molar-refractivity contribution in [2.75, 3.05) is 7.05 Å². The lowest BCUT2D eigenvalue weighted by molar-refractivity contribution is 0.240. The number of aromatic amines is 1. The van der Waals surface area contributed by atoms with Gasteiger partial charge in [-0.15, -0.1) is 4.68 Å². The minimum atomic E-state index is -0.736. The maximum Gasteiger partial charge on any atom is 0.360 e. The summed E-state index contributed by atoms with van der Waals surface area (Å²) in [7, 11) is 1.37. The third-order valence-electron chi connectivity index (χ3n) is 2.22. The summed E-state index contributed by atoms with van der Waals surface area (Å²) in [6.07, 6.45) is 0. The van der Waals surface area contributed by atoms with Gasteiger partial charge in [-0.25, -0.2) is 24.0 Å². The molecule has 0 aliphatic rings. The molecular weight excluding hydrogens is 224 g/mol. The topological polar surface area (TPSA) is 88.9 Å². The Morgan fingerprint density at radius 1 is 1.24 bits per heavy atom. The molecule has 0 fully saturated rings. The molecule has 0 atom stereocenters. The van der Waals surface area contributed by atoms with Crippen LogP contribution < -0.4 is 16.7 Å². The standard InChI is InChI=1S/C10H10N4O3/c1-11-8(15)14-10(17)13(9(16)12-14)7-5-3-2-4-6-7/h2-6H,1H3,(H,11,15)(H,12,16). The zero-order chi connectivity index (χ0) is 12.4. The number of aromatic nitrogens is 3. The SMILES string of the molecule is CNC(=O)n1[nH]c(=O)n(-c2ccccc2)c1=O. The van der Waals surface area contributed by atoms with Gasteiger partial charge in [-0.3, -0.25) is 0 Å². The molecule has 0 radical (unpaired) electrons. The first-order valence-electron chi connectivity index (χ1n) is 4.86. The number of hydrogen-bond acceptors (Lipinski definition) is 3. The molecule has 0 saturated heterocycles. The van der Waals surface area contributed by atoms with Crippen molar-refractivity contribution in [1.82, 2.24) is 19.7 Å². The quantitative estimate of drug-likeness (QED) is 0.698. The molecule has 0 unspecified atom stereocenters. The Morgan fingerprint density at radius 3 is 2.47 bits per heavy atom. The van der Waals surface area contributed by atoms with E-state index in [1.165, 1.54) is 7.05 Å². The van der Waals surface area contributed by atoms with Crippen LogP contribution in [0.5, 0.6) is 0 Å². The van der Waals surface area contributed by atoms with Gasteiger partial charge in [0.2, 0.25) is 0 Å². The fraction of sp³-hybridized carbons (Fsp3) is 0.100. The number of carbonyl (C=O) groups excluding carboxylic acids is 1. The molecule has 17 heavy (non-hydrogen) atoms. The van der Waals surface area contributed by atoms with E-state index < -0.39 is 17.4 Å². The van der Waals surface area contributed by atoms with E-state index in [1.807, 2.05) is 0 Å². The summed E-state index contributed by atoms with van der Waals surface area (Å²) in [5.74, 6) is 0. The molecule has 0 spiro atoms. The van der Waals surface area contributed by atoms with E-state index in [1.54, 1.807) is 30.3 Å². The van der Waals surface area contributed by atoms with Crippen LogP contribution in [0, 0.1) is 0 Å². The van der Waals surface area contributed by atoms with Crippen LogP contribution in [0.15, 0.2) is 39.9 Å². The molecule has 2 N–H and O–H groups in total. The van der Waals surface area contributed by atoms with E-state index in [2.05, 4.69) is 10.4 Å². The van der Waals surface area contributed by atoms with Crippen LogP contribution in [-0.2, 0) is 0 Å². The summed E-state index contributed by atoms with van der Waals surface area (Å²) >= 11 is 0. The summed E-state index contributed by atoms with van der Waals surface area (Å²) in [6.45, 7) is 0. The van der Waals surface area contributed by atoms with Crippen LogP contribution in [0.25, 0.3) is 5.69 Å². The second-order valence-corrected chi connectivity index (χ2v) is 3.26. The van der Waals surface area contributed by atoms with Crippen LogP contribution in [0.3, 0.4) is 0 Å². The molecule has 0 aliphatic carbocycles. The fourth-order valence-electron chi connectivity index (χ4n) is 1.43. The Kier molecular flexibility index (Phi) is 2.65. The molecule has 1 aromatic heterocycles. The lowest BCUT2D eigenvalue weighted by Gasteiger charge is -1.98. The van der Waals surface area contributed by atoms with Crippen LogP contribution >= 0.6 is 0 Å². The molecule has 0 bridgehead atoms. The summed E-state index contributed by atoms with van der Waals surface area (Å²) < 4.78 is 1.50. The third kappa shape index (κ3) is 1.78. The summed E-state index contributed by atoms with van der Waals surface area (Å²) in [4.78, 5) is 34.7. The van der Waals surface area contributed by atoms with Crippen molar-refractivity contribution in [2.24, 2.45) is 0 Å². The number of amides is 1. The molecule has 1 amide bonds. The van der Waals surface area contributed by atoms with E-state index in [-0.39, 0.29) is 0 Å². The first-order valence-corrected chi connectivity index (χ1v) is 4.86. The number of carbonyl (C=O) groups is 1. The van der Waals surface area contributed by atoms with Gasteiger partial charge in [0.15, 0.2) is 0 Å². The smallest absolute Gasteiger partial charge is 0.339 e. The van der Waals surface area contributed by atoms with E-state index in [4.69, 9.17) is 0 Å². The summed E-state index contributed by atoms with van der Waals surface area (Å²) in [6, 6.07) is 7.66. The minimum Gasteiger partial charge on any atom is -0.339 e. The maximum absolute atomic E-state index is 11.8. The van der Waals surface area contributed by atoms with Crippen LogP contribution in [0.4, 0.5) is 4.79 Å². The maximum atomic E-state index is 11.8. The Bertz CT molecular complexity index is 650. The van der Waals surface area contributed by atoms with Crippen LogP contribution in [-0.4, -0.2) is 27.4 Å². The van der Waals surface area contributed by atoms with Gasteiger partial charge in [0.05, 0.1) is 5.69 Å². The number of rotatable bonds is 1. The van der Waals surface area contributed by atoms with Crippen molar-refractivity contribution in [3.05, 3.63) is 51.3 Å². The molecule has 7 nitrogen and oxygen atoms in total. The van der Waals surface area contributed by atoms with E-state index in [9.17, 15) is 14.4 Å². The molecule has 0 aliphatic heterocycles. The highest BCUT2D eigenvalue weighted by molar-refractivity contribution is 5.74. The highest BCUT2D eigenvalue weighted by Gasteiger charge is 2.14. The van der Waals surface area contributed by atoms with Gasteiger partial charge in [-0.05, 0) is 12.1 Å². The van der Waals surface area contributed by atoms with Gasteiger partial charge < -0.3 is 5.32 Å². The third-order valence-corrected chi connectivity index (χ3v) is 2.22. The van der Waals surface area contributed by atoms with Crippen molar-refractivity contribution >= 4 is 6.03 Å². The Hall–Kier alpha value is -2.57. The van der Waals surface area contributed by atoms with Gasteiger partial charge in [0.1, 0.15) is 0 Å². The van der Waals surface area contributed by atoms with Gasteiger partial charge in [0, 0.05) is 7.05 Å². The highest BCUT2D eigenvalue weighted by Crippen LogP contribution is 1.99. The number of hydrogen-bond donors (Lipinski definition) is 2. The van der Waals surface area contributed by atoms with Crippen molar-refractivity contribution in [1.29, 1.82) is 0 Å². The highest BCUT2D eigenvalue weighted by atomic mass is 16.2. The predicted molar refractivity (Wildman–Crippen MR) is 60.5 cm³/mol. The predicted octanol–water partition coefficient (Wildman–Crippen LogP) is -0.485. The number of nitrogens with one attached hydrogen (secondary N) is 2. The minimum absolute atomic E-state index is 0.404. The van der Waals surface area contributed by atoms with Crippen LogP contribution in [0.1, 0.15) is 0 Å². The van der Waals surface area contributed by atoms with Crippen molar-refractivity contribution in [2.45, 2.75) is 0 Å². The number of benzene rings is 1. The Morgan fingerprint density at radius 2 is 1.88 bits per heavy atom. The van der Waals surface area contributed by atoms with Crippen molar-refractivity contribution in [3.8, 4) is 5.69 Å². The number of para-hydroxylation sites is 1. The lowest BCUT2D eigenvalue weighted by Crippen LogP contribution is -2.35. The Balaban J connectivity index is 2.66.